The minimum atomic E-state index is 0.277. The maximum atomic E-state index is 5.67. The summed E-state index contributed by atoms with van der Waals surface area (Å²) in [6.07, 6.45) is 0.555. The van der Waals surface area contributed by atoms with Crippen molar-refractivity contribution in [2.24, 2.45) is 0 Å². The van der Waals surface area contributed by atoms with Gasteiger partial charge in [0.15, 0.2) is 0 Å². The highest BCUT2D eigenvalue weighted by atomic mass is 16.6. The fraction of sp³-hybridized carbons (Fsp3) is 0.368. The molecule has 126 valence electrons. The Kier molecular flexibility index (Phi) is 4.28. The van der Waals surface area contributed by atoms with Crippen molar-refractivity contribution in [3.05, 3.63) is 48.5 Å². The highest BCUT2D eigenvalue weighted by molar-refractivity contribution is 5.63. The standard InChI is InChI=1S/C19H21NO4/c1-20(14-2-6-16(7-3-14)21-10-18-12-23-18)15-4-8-17(9-5-15)22-11-19-13-24-19/h2-9,18-19H,10-13H2,1H3. The van der Waals surface area contributed by atoms with Crippen LogP contribution in [-0.2, 0) is 9.47 Å². The van der Waals surface area contributed by atoms with Gasteiger partial charge in [0.1, 0.15) is 36.9 Å². The molecule has 2 unspecified atom stereocenters. The van der Waals surface area contributed by atoms with Crippen LogP contribution < -0.4 is 14.4 Å². The van der Waals surface area contributed by atoms with E-state index >= 15 is 0 Å². The fourth-order valence-electron chi connectivity index (χ4n) is 2.39. The first kappa shape index (κ1) is 15.3. The van der Waals surface area contributed by atoms with E-state index in [0.29, 0.717) is 13.2 Å². The average molecular weight is 327 g/mol. The fourth-order valence-corrected chi connectivity index (χ4v) is 2.39. The van der Waals surface area contributed by atoms with Crippen molar-refractivity contribution in [3.63, 3.8) is 0 Å². The Morgan fingerprint density at radius 1 is 0.792 bits per heavy atom. The van der Waals surface area contributed by atoms with Crippen LogP contribution in [0.5, 0.6) is 11.5 Å². The molecular weight excluding hydrogens is 306 g/mol. The summed E-state index contributed by atoms with van der Waals surface area (Å²) >= 11 is 0. The summed E-state index contributed by atoms with van der Waals surface area (Å²) in [4.78, 5) is 2.13. The number of nitrogens with zero attached hydrogens (tertiary/aromatic N) is 1. The van der Waals surface area contributed by atoms with Crippen molar-refractivity contribution >= 4 is 11.4 Å². The molecule has 0 amide bonds. The summed E-state index contributed by atoms with van der Waals surface area (Å²) < 4.78 is 21.6. The van der Waals surface area contributed by atoms with Gasteiger partial charge in [-0.05, 0) is 48.5 Å². The number of rotatable bonds is 8. The van der Waals surface area contributed by atoms with Crippen LogP contribution in [0.25, 0.3) is 0 Å². The molecule has 2 aliphatic heterocycles. The van der Waals surface area contributed by atoms with Crippen LogP contribution in [0, 0.1) is 0 Å². The maximum Gasteiger partial charge on any atom is 0.119 e. The third kappa shape index (κ3) is 3.99. The molecule has 2 aromatic rings. The molecule has 0 saturated carbocycles. The van der Waals surface area contributed by atoms with Gasteiger partial charge in [0.2, 0.25) is 0 Å². The minimum Gasteiger partial charge on any atom is -0.491 e. The van der Waals surface area contributed by atoms with E-state index in [4.69, 9.17) is 18.9 Å². The SMILES string of the molecule is CN(c1ccc(OCC2CO2)cc1)c1ccc(OCC2CO2)cc1. The van der Waals surface area contributed by atoms with Gasteiger partial charge in [-0.1, -0.05) is 0 Å². The van der Waals surface area contributed by atoms with Gasteiger partial charge in [0.05, 0.1) is 13.2 Å². The number of hydrogen-bond acceptors (Lipinski definition) is 5. The maximum absolute atomic E-state index is 5.67. The van der Waals surface area contributed by atoms with Crippen LogP contribution in [0.15, 0.2) is 48.5 Å². The summed E-state index contributed by atoms with van der Waals surface area (Å²) in [5, 5.41) is 0. The van der Waals surface area contributed by atoms with Crippen LogP contribution >= 0.6 is 0 Å². The monoisotopic (exact) mass is 327 g/mol. The van der Waals surface area contributed by atoms with Gasteiger partial charge in [-0.2, -0.15) is 0 Å². The lowest BCUT2D eigenvalue weighted by Crippen LogP contribution is -2.10. The normalized spacial score (nSPS) is 21.2. The van der Waals surface area contributed by atoms with Crippen LogP contribution in [-0.4, -0.2) is 45.7 Å². The second kappa shape index (κ2) is 6.71. The smallest absolute Gasteiger partial charge is 0.119 e. The van der Waals surface area contributed by atoms with Crippen molar-refractivity contribution in [3.8, 4) is 11.5 Å². The Bertz CT molecular complexity index is 603. The highest BCUT2D eigenvalue weighted by Crippen LogP contribution is 2.27. The number of epoxide rings is 2. The average Bonchev–Trinajstić information content (AvgIpc) is 3.53. The van der Waals surface area contributed by atoms with E-state index in [-0.39, 0.29) is 12.2 Å². The zero-order valence-corrected chi connectivity index (χ0v) is 13.7. The molecule has 2 fully saturated rings. The molecule has 2 aromatic carbocycles. The lowest BCUT2D eigenvalue weighted by Gasteiger charge is -2.20. The molecule has 2 saturated heterocycles. The van der Waals surface area contributed by atoms with Crippen molar-refractivity contribution in [2.45, 2.75) is 12.2 Å². The van der Waals surface area contributed by atoms with Gasteiger partial charge in [-0.15, -0.1) is 0 Å². The summed E-state index contributed by atoms with van der Waals surface area (Å²) in [6, 6.07) is 16.2. The second-order valence-corrected chi connectivity index (χ2v) is 6.08. The zero-order chi connectivity index (χ0) is 16.4. The second-order valence-electron chi connectivity index (χ2n) is 6.08. The molecule has 0 aromatic heterocycles. The van der Waals surface area contributed by atoms with Gasteiger partial charge in [-0.25, -0.2) is 0 Å². The van der Waals surface area contributed by atoms with Crippen LogP contribution in [0.1, 0.15) is 0 Å². The lowest BCUT2D eigenvalue weighted by molar-refractivity contribution is 0.263. The van der Waals surface area contributed by atoms with E-state index in [2.05, 4.69) is 29.2 Å². The molecule has 0 aliphatic carbocycles. The van der Waals surface area contributed by atoms with Crippen molar-refractivity contribution in [2.75, 3.05) is 38.4 Å². The topological polar surface area (TPSA) is 46.8 Å². The van der Waals surface area contributed by atoms with Gasteiger partial charge in [0, 0.05) is 18.4 Å². The first-order valence-corrected chi connectivity index (χ1v) is 8.20. The molecule has 5 nitrogen and oxygen atoms in total. The summed E-state index contributed by atoms with van der Waals surface area (Å²) in [5.74, 6) is 1.74. The molecule has 0 spiro atoms. The molecule has 0 bridgehead atoms. The van der Waals surface area contributed by atoms with Crippen molar-refractivity contribution < 1.29 is 18.9 Å². The molecule has 4 rings (SSSR count). The van der Waals surface area contributed by atoms with Gasteiger partial charge in [-0.3, -0.25) is 0 Å². The molecule has 2 atom stereocenters. The Balaban J connectivity index is 1.35. The first-order chi connectivity index (χ1) is 11.8. The van der Waals surface area contributed by atoms with E-state index < -0.39 is 0 Å². The molecular formula is C19H21NO4. The quantitative estimate of drug-likeness (QED) is 0.698. The van der Waals surface area contributed by atoms with E-state index in [9.17, 15) is 0 Å². The Hall–Kier alpha value is -2.24. The minimum absolute atomic E-state index is 0.277. The Morgan fingerprint density at radius 2 is 1.17 bits per heavy atom. The van der Waals surface area contributed by atoms with Crippen LogP contribution in [0.3, 0.4) is 0 Å². The van der Waals surface area contributed by atoms with Crippen molar-refractivity contribution in [1.82, 2.24) is 0 Å². The number of ether oxygens (including phenoxy) is 4. The molecule has 2 heterocycles. The van der Waals surface area contributed by atoms with E-state index in [1.165, 1.54) is 0 Å². The molecule has 24 heavy (non-hydrogen) atoms. The number of anilines is 2. The van der Waals surface area contributed by atoms with Gasteiger partial charge >= 0.3 is 0 Å². The Morgan fingerprint density at radius 3 is 1.50 bits per heavy atom. The predicted octanol–water partition coefficient (Wildman–Crippen LogP) is 3.01. The number of hydrogen-bond donors (Lipinski definition) is 0. The largest absolute Gasteiger partial charge is 0.491 e. The summed E-state index contributed by atoms with van der Waals surface area (Å²) in [7, 11) is 2.04. The van der Waals surface area contributed by atoms with E-state index in [0.717, 1.165) is 36.1 Å². The van der Waals surface area contributed by atoms with Crippen LogP contribution in [0.4, 0.5) is 11.4 Å². The van der Waals surface area contributed by atoms with Crippen LogP contribution in [0.2, 0.25) is 0 Å². The Labute approximate surface area is 141 Å². The molecule has 0 radical (unpaired) electrons. The third-order valence-electron chi connectivity index (χ3n) is 4.12. The molecule has 5 heteroatoms. The molecule has 2 aliphatic rings. The zero-order valence-electron chi connectivity index (χ0n) is 13.7. The van der Waals surface area contributed by atoms with E-state index in [1.54, 1.807) is 0 Å². The first-order valence-electron chi connectivity index (χ1n) is 8.20. The number of benzene rings is 2. The lowest BCUT2D eigenvalue weighted by atomic mass is 10.2. The third-order valence-corrected chi connectivity index (χ3v) is 4.12. The molecule has 0 N–H and O–H groups in total. The van der Waals surface area contributed by atoms with Gasteiger partial charge in [0.25, 0.3) is 0 Å². The highest BCUT2D eigenvalue weighted by Gasteiger charge is 2.23. The van der Waals surface area contributed by atoms with Crippen molar-refractivity contribution in [1.29, 1.82) is 0 Å². The predicted molar refractivity (Wildman–Crippen MR) is 91.4 cm³/mol. The van der Waals surface area contributed by atoms with Gasteiger partial charge < -0.3 is 23.8 Å². The summed E-state index contributed by atoms with van der Waals surface area (Å²) in [5.41, 5.74) is 2.20. The van der Waals surface area contributed by atoms with E-state index in [1.807, 2.05) is 31.3 Å². The summed E-state index contributed by atoms with van der Waals surface area (Å²) in [6.45, 7) is 2.88.